The average Bonchev–Trinajstić information content (AvgIpc) is 2.85. The van der Waals surface area contributed by atoms with Crippen LogP contribution in [0.3, 0.4) is 0 Å². The number of hydrogen-bond donors (Lipinski definition) is 1. The number of rotatable bonds is 5. The predicted octanol–water partition coefficient (Wildman–Crippen LogP) is 2.70. The first-order valence-electron chi connectivity index (χ1n) is 7.69. The summed E-state index contributed by atoms with van der Waals surface area (Å²) in [5.74, 6) is 2.98. The van der Waals surface area contributed by atoms with Crippen LogP contribution in [0.1, 0.15) is 38.4 Å². The van der Waals surface area contributed by atoms with Crippen LogP contribution in [0.4, 0.5) is 0 Å². The number of fused-ring (bicyclic) bond motifs is 2. The van der Waals surface area contributed by atoms with Crippen LogP contribution in [0.25, 0.3) is 11.0 Å². The highest BCUT2D eigenvalue weighted by Gasteiger charge is 2.21. The summed E-state index contributed by atoms with van der Waals surface area (Å²) in [4.78, 5) is 4.80. The summed E-state index contributed by atoms with van der Waals surface area (Å²) in [6.45, 7) is 6.17. The Bertz CT molecular complexity index is 632. The predicted molar refractivity (Wildman–Crippen MR) is 81.1 cm³/mol. The molecule has 0 radical (unpaired) electrons. The van der Waals surface area contributed by atoms with Gasteiger partial charge in [-0.2, -0.15) is 0 Å². The minimum absolute atomic E-state index is 0.104. The first-order chi connectivity index (χ1) is 10.3. The number of aromatic nitrogens is 2. The fourth-order valence-corrected chi connectivity index (χ4v) is 2.98. The second kappa shape index (κ2) is 5.93. The average molecular weight is 290 g/mol. The Balaban J connectivity index is 2.16. The van der Waals surface area contributed by atoms with Gasteiger partial charge in [0.05, 0.1) is 17.6 Å². The number of ether oxygens (including phenoxy) is 2. The van der Waals surface area contributed by atoms with E-state index >= 15 is 0 Å². The largest absolute Gasteiger partial charge is 0.486 e. The molecular weight excluding hydrogens is 268 g/mol. The third kappa shape index (κ3) is 2.46. The summed E-state index contributed by atoms with van der Waals surface area (Å²) in [6, 6.07) is 3.93. The minimum Gasteiger partial charge on any atom is -0.486 e. The highest BCUT2D eigenvalue weighted by Crippen LogP contribution is 2.36. The van der Waals surface area contributed by atoms with E-state index in [0.29, 0.717) is 25.7 Å². The fourth-order valence-electron chi connectivity index (χ4n) is 2.98. The summed E-state index contributed by atoms with van der Waals surface area (Å²) in [5, 5.41) is 9.38. The number of aliphatic hydroxyl groups excluding tert-OH is 1. The molecule has 1 aliphatic rings. The smallest absolute Gasteiger partial charge is 0.163 e. The molecule has 2 aromatic rings. The number of aliphatic hydroxyl groups is 1. The molecule has 1 aromatic heterocycles. The highest BCUT2D eigenvalue weighted by atomic mass is 16.6. The summed E-state index contributed by atoms with van der Waals surface area (Å²) >= 11 is 0. The minimum atomic E-state index is 0.104. The Hall–Kier alpha value is -1.75. The van der Waals surface area contributed by atoms with Crippen LogP contribution in [0.5, 0.6) is 11.5 Å². The van der Waals surface area contributed by atoms with Gasteiger partial charge in [-0.05, 0) is 12.8 Å². The van der Waals surface area contributed by atoms with Gasteiger partial charge in [0.15, 0.2) is 11.5 Å². The van der Waals surface area contributed by atoms with Crippen molar-refractivity contribution in [3.05, 3.63) is 18.0 Å². The number of imidazole rings is 1. The van der Waals surface area contributed by atoms with Crippen molar-refractivity contribution in [2.75, 3.05) is 19.8 Å². The number of benzene rings is 1. The van der Waals surface area contributed by atoms with Crippen molar-refractivity contribution in [3.63, 3.8) is 0 Å². The van der Waals surface area contributed by atoms with Crippen LogP contribution in [0.2, 0.25) is 0 Å². The van der Waals surface area contributed by atoms with Crippen LogP contribution in [-0.4, -0.2) is 34.5 Å². The third-order valence-corrected chi connectivity index (χ3v) is 4.12. The molecule has 2 heterocycles. The first kappa shape index (κ1) is 14.2. The normalized spacial score (nSPS) is 14.1. The van der Waals surface area contributed by atoms with Gasteiger partial charge in [-0.15, -0.1) is 0 Å². The van der Waals surface area contributed by atoms with Gasteiger partial charge >= 0.3 is 0 Å². The molecule has 1 aliphatic heterocycles. The zero-order chi connectivity index (χ0) is 14.8. The highest BCUT2D eigenvalue weighted by molar-refractivity contribution is 5.81. The standard InChI is InChI=1S/C16H22N2O3/c1-3-11(4-2)16-17-12-9-14-15(21-8-7-20-14)10-13(12)18(16)5-6-19/h9-11,19H,3-8H2,1-2H3. The van der Waals surface area contributed by atoms with Gasteiger partial charge in [-0.1, -0.05) is 13.8 Å². The van der Waals surface area contributed by atoms with Crippen LogP contribution in [-0.2, 0) is 6.54 Å². The molecule has 0 saturated heterocycles. The number of hydrogen-bond acceptors (Lipinski definition) is 4. The fraction of sp³-hybridized carbons (Fsp3) is 0.562. The molecule has 1 aromatic carbocycles. The van der Waals surface area contributed by atoms with Crippen LogP contribution < -0.4 is 9.47 Å². The lowest BCUT2D eigenvalue weighted by Crippen LogP contribution is -2.15. The molecule has 0 fully saturated rings. The van der Waals surface area contributed by atoms with Gasteiger partial charge in [-0.25, -0.2) is 4.98 Å². The Kier molecular flexibility index (Phi) is 4.01. The van der Waals surface area contributed by atoms with Gasteiger partial charge in [-0.3, -0.25) is 0 Å². The van der Waals surface area contributed by atoms with Crippen molar-refractivity contribution >= 4 is 11.0 Å². The van der Waals surface area contributed by atoms with Crippen LogP contribution in [0.15, 0.2) is 12.1 Å². The van der Waals surface area contributed by atoms with E-state index in [1.54, 1.807) is 0 Å². The first-order valence-corrected chi connectivity index (χ1v) is 7.69. The van der Waals surface area contributed by atoms with E-state index in [1.165, 1.54) is 0 Å². The monoisotopic (exact) mass is 290 g/mol. The summed E-state index contributed by atoms with van der Waals surface area (Å²) in [7, 11) is 0. The molecule has 0 spiro atoms. The quantitative estimate of drug-likeness (QED) is 0.920. The Morgan fingerprint density at radius 1 is 1.19 bits per heavy atom. The Morgan fingerprint density at radius 2 is 1.86 bits per heavy atom. The molecule has 21 heavy (non-hydrogen) atoms. The van der Waals surface area contributed by atoms with Crippen molar-refractivity contribution in [1.29, 1.82) is 0 Å². The van der Waals surface area contributed by atoms with E-state index < -0.39 is 0 Å². The van der Waals surface area contributed by atoms with Crippen molar-refractivity contribution in [2.45, 2.75) is 39.2 Å². The molecule has 0 amide bonds. The van der Waals surface area contributed by atoms with Gasteiger partial charge in [0.1, 0.15) is 19.0 Å². The molecule has 0 atom stereocenters. The SMILES string of the molecule is CCC(CC)c1nc2cc3c(cc2n1CCO)OCCO3. The van der Waals surface area contributed by atoms with Crippen molar-refractivity contribution in [2.24, 2.45) is 0 Å². The topological polar surface area (TPSA) is 56.5 Å². The summed E-state index contributed by atoms with van der Waals surface area (Å²) < 4.78 is 13.4. The van der Waals surface area contributed by atoms with Gasteiger partial charge in [0, 0.05) is 24.6 Å². The van der Waals surface area contributed by atoms with E-state index in [0.717, 1.165) is 41.2 Å². The third-order valence-electron chi connectivity index (χ3n) is 4.12. The van der Waals surface area contributed by atoms with Gasteiger partial charge in [0.2, 0.25) is 0 Å². The van der Waals surface area contributed by atoms with E-state index in [-0.39, 0.29) is 6.61 Å². The molecule has 1 N–H and O–H groups in total. The van der Waals surface area contributed by atoms with E-state index in [4.69, 9.17) is 14.5 Å². The van der Waals surface area contributed by atoms with Crippen molar-refractivity contribution in [1.82, 2.24) is 9.55 Å². The van der Waals surface area contributed by atoms with E-state index in [1.807, 2.05) is 12.1 Å². The Labute approximate surface area is 124 Å². The van der Waals surface area contributed by atoms with E-state index in [2.05, 4.69) is 18.4 Å². The molecule has 0 saturated carbocycles. The van der Waals surface area contributed by atoms with Crippen LogP contribution >= 0.6 is 0 Å². The molecule has 114 valence electrons. The zero-order valence-electron chi connectivity index (χ0n) is 12.6. The second-order valence-electron chi connectivity index (χ2n) is 5.34. The second-order valence-corrected chi connectivity index (χ2v) is 5.34. The Morgan fingerprint density at radius 3 is 2.48 bits per heavy atom. The van der Waals surface area contributed by atoms with E-state index in [9.17, 15) is 5.11 Å². The van der Waals surface area contributed by atoms with Gasteiger partial charge in [0.25, 0.3) is 0 Å². The lowest BCUT2D eigenvalue weighted by Gasteiger charge is -2.18. The molecule has 5 heteroatoms. The molecule has 0 aliphatic carbocycles. The maximum atomic E-state index is 9.38. The number of nitrogens with zero attached hydrogens (tertiary/aromatic N) is 2. The molecule has 3 rings (SSSR count). The van der Waals surface area contributed by atoms with Gasteiger partial charge < -0.3 is 19.1 Å². The van der Waals surface area contributed by atoms with Crippen LogP contribution in [0, 0.1) is 0 Å². The lowest BCUT2D eigenvalue weighted by atomic mass is 10.0. The maximum absolute atomic E-state index is 9.38. The molecule has 0 bridgehead atoms. The summed E-state index contributed by atoms with van der Waals surface area (Å²) in [5.41, 5.74) is 1.92. The molecular formula is C16H22N2O3. The zero-order valence-corrected chi connectivity index (χ0v) is 12.6. The lowest BCUT2D eigenvalue weighted by molar-refractivity contribution is 0.172. The summed E-state index contributed by atoms with van der Waals surface area (Å²) in [6.07, 6.45) is 2.08. The maximum Gasteiger partial charge on any atom is 0.163 e. The van der Waals surface area contributed by atoms with Crippen molar-refractivity contribution in [3.8, 4) is 11.5 Å². The van der Waals surface area contributed by atoms with Crippen molar-refractivity contribution < 1.29 is 14.6 Å². The molecule has 0 unspecified atom stereocenters. The molecule has 5 nitrogen and oxygen atoms in total.